The minimum absolute atomic E-state index is 0.204. The Hall–Kier alpha value is -1.30. The van der Waals surface area contributed by atoms with Crippen LogP contribution in [0.4, 0.5) is 4.39 Å². The number of methoxy groups -OCH3 is 1. The highest BCUT2D eigenvalue weighted by Crippen LogP contribution is 2.37. The molecule has 2 N–H and O–H groups in total. The number of hydrogen-bond acceptors (Lipinski definition) is 3. The second-order valence-corrected chi connectivity index (χ2v) is 5.60. The number of benzene rings is 2. The standard InChI is InChI=1S/C15H14BrClFNO2/c1-20-14-5-9(7-19)4-12(16)15(14)21-8-10-2-3-11(18)6-13(10)17/h2-6H,7-8,19H2,1H3. The van der Waals surface area contributed by atoms with Gasteiger partial charge in [-0.3, -0.25) is 0 Å². The lowest BCUT2D eigenvalue weighted by Crippen LogP contribution is -2.02. The Bertz CT molecular complexity index is 652. The van der Waals surface area contributed by atoms with Gasteiger partial charge in [-0.15, -0.1) is 0 Å². The summed E-state index contributed by atoms with van der Waals surface area (Å²) in [6, 6.07) is 7.86. The first-order valence-corrected chi connectivity index (χ1v) is 7.35. The van der Waals surface area contributed by atoms with Gasteiger partial charge in [-0.1, -0.05) is 17.7 Å². The molecular weight excluding hydrogens is 361 g/mol. The topological polar surface area (TPSA) is 44.5 Å². The van der Waals surface area contributed by atoms with E-state index in [1.54, 1.807) is 13.2 Å². The molecule has 0 unspecified atom stereocenters. The Labute approximate surface area is 135 Å². The van der Waals surface area contributed by atoms with Crippen molar-refractivity contribution in [2.45, 2.75) is 13.2 Å². The molecule has 0 fully saturated rings. The van der Waals surface area contributed by atoms with E-state index < -0.39 is 0 Å². The molecule has 6 heteroatoms. The Morgan fingerprint density at radius 2 is 2.05 bits per heavy atom. The first-order valence-electron chi connectivity index (χ1n) is 6.18. The molecule has 0 saturated carbocycles. The van der Waals surface area contributed by atoms with E-state index in [9.17, 15) is 4.39 Å². The van der Waals surface area contributed by atoms with Crippen LogP contribution < -0.4 is 15.2 Å². The van der Waals surface area contributed by atoms with Gasteiger partial charge in [0.05, 0.1) is 16.6 Å². The van der Waals surface area contributed by atoms with Crippen molar-refractivity contribution in [2.75, 3.05) is 7.11 Å². The minimum atomic E-state index is -0.380. The molecule has 0 aromatic heterocycles. The molecule has 0 amide bonds. The van der Waals surface area contributed by atoms with Crippen LogP contribution in [-0.2, 0) is 13.2 Å². The summed E-state index contributed by atoms with van der Waals surface area (Å²) in [5.74, 6) is 0.743. The van der Waals surface area contributed by atoms with Crippen LogP contribution in [0.1, 0.15) is 11.1 Å². The van der Waals surface area contributed by atoms with Crippen LogP contribution in [0.15, 0.2) is 34.8 Å². The third-order valence-electron chi connectivity index (χ3n) is 2.91. The predicted molar refractivity (Wildman–Crippen MR) is 84.3 cm³/mol. The molecule has 112 valence electrons. The van der Waals surface area contributed by atoms with Gasteiger partial charge in [0.15, 0.2) is 11.5 Å². The minimum Gasteiger partial charge on any atom is -0.493 e. The van der Waals surface area contributed by atoms with Crippen molar-refractivity contribution in [2.24, 2.45) is 5.73 Å². The van der Waals surface area contributed by atoms with E-state index in [2.05, 4.69) is 15.9 Å². The van der Waals surface area contributed by atoms with Gasteiger partial charge < -0.3 is 15.2 Å². The lowest BCUT2D eigenvalue weighted by molar-refractivity contribution is 0.282. The first-order chi connectivity index (χ1) is 10.0. The molecule has 2 rings (SSSR count). The third kappa shape index (κ3) is 3.87. The fourth-order valence-electron chi connectivity index (χ4n) is 1.82. The molecule has 0 atom stereocenters. The molecule has 2 aromatic carbocycles. The highest BCUT2D eigenvalue weighted by Gasteiger charge is 2.12. The summed E-state index contributed by atoms with van der Waals surface area (Å²) in [5, 5.41) is 0.323. The van der Waals surface area contributed by atoms with E-state index in [4.69, 9.17) is 26.8 Å². The maximum absolute atomic E-state index is 13.0. The molecule has 0 heterocycles. The molecule has 0 spiro atoms. The van der Waals surface area contributed by atoms with Crippen molar-refractivity contribution in [3.05, 3.63) is 56.8 Å². The summed E-state index contributed by atoms with van der Waals surface area (Å²) in [5.41, 5.74) is 7.23. The highest BCUT2D eigenvalue weighted by molar-refractivity contribution is 9.10. The van der Waals surface area contributed by atoms with Crippen molar-refractivity contribution < 1.29 is 13.9 Å². The van der Waals surface area contributed by atoms with E-state index in [1.807, 2.05) is 12.1 Å². The van der Waals surface area contributed by atoms with E-state index >= 15 is 0 Å². The van der Waals surface area contributed by atoms with Crippen LogP contribution in [0.3, 0.4) is 0 Å². The Balaban J connectivity index is 2.23. The molecule has 21 heavy (non-hydrogen) atoms. The van der Waals surface area contributed by atoms with Gasteiger partial charge in [-0.2, -0.15) is 0 Å². The number of nitrogens with two attached hydrogens (primary N) is 1. The predicted octanol–water partition coefficient (Wildman–Crippen LogP) is 4.29. The lowest BCUT2D eigenvalue weighted by atomic mass is 10.2. The zero-order chi connectivity index (χ0) is 15.4. The number of halogens is 3. The fourth-order valence-corrected chi connectivity index (χ4v) is 2.65. The van der Waals surface area contributed by atoms with E-state index in [-0.39, 0.29) is 12.4 Å². The average Bonchev–Trinajstić information content (AvgIpc) is 2.46. The van der Waals surface area contributed by atoms with Crippen molar-refractivity contribution >= 4 is 27.5 Å². The Morgan fingerprint density at radius 3 is 2.67 bits per heavy atom. The van der Waals surface area contributed by atoms with E-state index in [0.29, 0.717) is 28.6 Å². The normalized spacial score (nSPS) is 10.5. The third-order valence-corrected chi connectivity index (χ3v) is 3.85. The van der Waals surface area contributed by atoms with E-state index in [1.165, 1.54) is 12.1 Å². The monoisotopic (exact) mass is 373 g/mol. The Kier molecular flexibility index (Phi) is 5.45. The summed E-state index contributed by atoms with van der Waals surface area (Å²) >= 11 is 9.41. The SMILES string of the molecule is COc1cc(CN)cc(Br)c1OCc1ccc(F)cc1Cl. The fraction of sp³-hybridized carbons (Fsp3) is 0.200. The van der Waals surface area contributed by atoms with Gasteiger partial charge in [0, 0.05) is 12.1 Å². The van der Waals surface area contributed by atoms with Gasteiger partial charge >= 0.3 is 0 Å². The lowest BCUT2D eigenvalue weighted by Gasteiger charge is -2.14. The van der Waals surface area contributed by atoms with Gasteiger partial charge in [-0.05, 0) is 45.8 Å². The Morgan fingerprint density at radius 1 is 1.29 bits per heavy atom. The maximum atomic E-state index is 13.0. The maximum Gasteiger partial charge on any atom is 0.175 e. The van der Waals surface area contributed by atoms with Crippen LogP contribution in [0.5, 0.6) is 11.5 Å². The van der Waals surface area contributed by atoms with Crippen molar-refractivity contribution in [1.29, 1.82) is 0 Å². The van der Waals surface area contributed by atoms with Crippen LogP contribution in [0, 0.1) is 5.82 Å². The van der Waals surface area contributed by atoms with Crippen molar-refractivity contribution in [1.82, 2.24) is 0 Å². The zero-order valence-corrected chi connectivity index (χ0v) is 13.7. The van der Waals surface area contributed by atoms with Gasteiger partial charge in [0.1, 0.15) is 12.4 Å². The van der Waals surface area contributed by atoms with Gasteiger partial charge in [0.2, 0.25) is 0 Å². The highest BCUT2D eigenvalue weighted by atomic mass is 79.9. The summed E-state index contributed by atoms with van der Waals surface area (Å²) in [4.78, 5) is 0. The van der Waals surface area contributed by atoms with Crippen LogP contribution >= 0.6 is 27.5 Å². The quantitative estimate of drug-likeness (QED) is 0.849. The summed E-state index contributed by atoms with van der Waals surface area (Å²) in [6.45, 7) is 0.606. The first kappa shape index (κ1) is 16.1. The molecule has 3 nitrogen and oxygen atoms in total. The summed E-state index contributed by atoms with van der Waals surface area (Å²) in [6.07, 6.45) is 0. The average molecular weight is 375 g/mol. The smallest absolute Gasteiger partial charge is 0.175 e. The molecule has 0 aliphatic carbocycles. The molecule has 0 aliphatic rings. The molecule has 0 radical (unpaired) electrons. The second kappa shape index (κ2) is 7.11. The summed E-state index contributed by atoms with van der Waals surface area (Å²) in [7, 11) is 1.56. The van der Waals surface area contributed by atoms with Gasteiger partial charge in [-0.25, -0.2) is 4.39 Å². The molecular formula is C15H14BrClFNO2. The van der Waals surface area contributed by atoms with Crippen molar-refractivity contribution in [3.63, 3.8) is 0 Å². The largest absolute Gasteiger partial charge is 0.493 e. The molecule has 0 aliphatic heterocycles. The van der Waals surface area contributed by atoms with Gasteiger partial charge in [0.25, 0.3) is 0 Å². The van der Waals surface area contributed by atoms with E-state index in [0.717, 1.165) is 10.0 Å². The van der Waals surface area contributed by atoms with Crippen LogP contribution in [-0.4, -0.2) is 7.11 Å². The van der Waals surface area contributed by atoms with Crippen LogP contribution in [0.2, 0.25) is 5.02 Å². The summed E-state index contributed by atoms with van der Waals surface area (Å²) < 4.78 is 24.8. The molecule has 2 aromatic rings. The number of rotatable bonds is 5. The zero-order valence-electron chi connectivity index (χ0n) is 11.3. The van der Waals surface area contributed by atoms with Crippen molar-refractivity contribution in [3.8, 4) is 11.5 Å². The molecule has 0 bridgehead atoms. The van der Waals surface area contributed by atoms with Crippen LogP contribution in [0.25, 0.3) is 0 Å². The number of hydrogen-bond donors (Lipinski definition) is 1. The second-order valence-electron chi connectivity index (χ2n) is 4.34. The number of ether oxygens (including phenoxy) is 2. The molecule has 0 saturated heterocycles.